The summed E-state index contributed by atoms with van der Waals surface area (Å²) in [5.41, 5.74) is -0.226. The predicted octanol–water partition coefficient (Wildman–Crippen LogP) is 2.59. The average Bonchev–Trinajstić information content (AvgIpc) is 3.21. The number of hydrogen-bond acceptors (Lipinski definition) is 4. The molecule has 1 aromatic carbocycles. The SMILES string of the molecule is CC(C)CC[C@@]1(C(=O)O)CN(C(=O)c2ccccc2-n2cccn2)CC[C@@H]1O. The number of aliphatic carboxylic acids is 1. The zero-order chi connectivity index (χ0) is 20.3. The van der Waals surface area contributed by atoms with Crippen LogP contribution in [0.1, 0.15) is 43.5 Å². The molecule has 0 spiro atoms. The summed E-state index contributed by atoms with van der Waals surface area (Å²) in [6.07, 6.45) is 3.70. The third-order valence-corrected chi connectivity index (χ3v) is 5.55. The van der Waals surface area contributed by atoms with Crippen LogP contribution in [-0.2, 0) is 4.79 Å². The van der Waals surface area contributed by atoms with E-state index in [1.165, 1.54) is 0 Å². The van der Waals surface area contributed by atoms with Crippen molar-refractivity contribution in [1.82, 2.24) is 14.7 Å². The second-order valence-electron chi connectivity index (χ2n) is 7.89. The Kier molecular flexibility index (Phi) is 5.84. The Morgan fingerprint density at radius 1 is 1.29 bits per heavy atom. The first-order valence-electron chi connectivity index (χ1n) is 9.65. The van der Waals surface area contributed by atoms with Crippen molar-refractivity contribution in [2.75, 3.05) is 13.1 Å². The Labute approximate surface area is 164 Å². The Balaban J connectivity index is 1.90. The van der Waals surface area contributed by atoms with Crippen molar-refractivity contribution in [3.05, 3.63) is 48.3 Å². The van der Waals surface area contributed by atoms with E-state index >= 15 is 0 Å². The van der Waals surface area contributed by atoms with Crippen molar-refractivity contribution in [3.8, 4) is 5.69 Å². The molecule has 0 saturated carbocycles. The molecular weight excluding hydrogens is 358 g/mol. The number of carbonyl (C=O) groups excluding carboxylic acids is 1. The third kappa shape index (κ3) is 3.80. The van der Waals surface area contributed by atoms with Crippen molar-refractivity contribution >= 4 is 11.9 Å². The maximum Gasteiger partial charge on any atom is 0.314 e. The molecule has 1 fully saturated rings. The smallest absolute Gasteiger partial charge is 0.314 e. The highest BCUT2D eigenvalue weighted by atomic mass is 16.4. The van der Waals surface area contributed by atoms with Gasteiger partial charge in [0.05, 0.1) is 17.4 Å². The van der Waals surface area contributed by atoms with Crippen LogP contribution >= 0.6 is 0 Å². The van der Waals surface area contributed by atoms with Gasteiger partial charge in [0.25, 0.3) is 5.91 Å². The van der Waals surface area contributed by atoms with Crippen LogP contribution in [0.3, 0.4) is 0 Å². The summed E-state index contributed by atoms with van der Waals surface area (Å²) >= 11 is 0. The summed E-state index contributed by atoms with van der Waals surface area (Å²) < 4.78 is 1.62. The number of piperidine rings is 1. The van der Waals surface area contributed by atoms with Gasteiger partial charge in [-0.1, -0.05) is 26.0 Å². The zero-order valence-corrected chi connectivity index (χ0v) is 16.3. The van der Waals surface area contributed by atoms with Gasteiger partial charge in [-0.05, 0) is 43.4 Å². The number of rotatable bonds is 6. The zero-order valence-electron chi connectivity index (χ0n) is 16.3. The van der Waals surface area contributed by atoms with Crippen molar-refractivity contribution in [1.29, 1.82) is 0 Å². The van der Waals surface area contributed by atoms with Crippen LogP contribution in [0.4, 0.5) is 0 Å². The fourth-order valence-electron chi connectivity index (χ4n) is 3.80. The minimum atomic E-state index is -1.33. The highest BCUT2D eigenvalue weighted by molar-refractivity contribution is 5.98. The summed E-state index contributed by atoms with van der Waals surface area (Å²) in [7, 11) is 0. The number of nitrogens with zero attached hydrogens (tertiary/aromatic N) is 3. The maximum absolute atomic E-state index is 13.3. The van der Waals surface area contributed by atoms with Crippen LogP contribution in [0.2, 0.25) is 0 Å². The average molecular weight is 385 g/mol. The second-order valence-corrected chi connectivity index (χ2v) is 7.89. The molecule has 3 rings (SSSR count). The van der Waals surface area contributed by atoms with Gasteiger partial charge in [-0.15, -0.1) is 0 Å². The molecule has 1 amide bonds. The molecule has 1 aromatic heterocycles. The number of para-hydroxylation sites is 1. The number of aliphatic hydroxyl groups is 1. The summed E-state index contributed by atoms with van der Waals surface area (Å²) in [6.45, 7) is 4.37. The third-order valence-electron chi connectivity index (χ3n) is 5.55. The highest BCUT2D eigenvalue weighted by Crippen LogP contribution is 2.37. The van der Waals surface area contributed by atoms with Crippen LogP contribution in [0.15, 0.2) is 42.7 Å². The molecule has 0 radical (unpaired) electrons. The van der Waals surface area contributed by atoms with Gasteiger partial charge in [0.1, 0.15) is 5.41 Å². The summed E-state index contributed by atoms with van der Waals surface area (Å²) in [5, 5.41) is 24.7. The van der Waals surface area contributed by atoms with Crippen molar-refractivity contribution in [2.24, 2.45) is 11.3 Å². The summed E-state index contributed by atoms with van der Waals surface area (Å²) in [5.74, 6) is -0.971. The van der Waals surface area contributed by atoms with Gasteiger partial charge in [0.2, 0.25) is 0 Å². The molecular formula is C21H27N3O4. The number of carboxylic acid groups (broad SMARTS) is 1. The minimum Gasteiger partial charge on any atom is -0.481 e. The van der Waals surface area contributed by atoms with E-state index in [4.69, 9.17) is 0 Å². The number of carboxylic acids is 1. The second kappa shape index (κ2) is 8.14. The number of hydrogen-bond donors (Lipinski definition) is 2. The lowest BCUT2D eigenvalue weighted by Gasteiger charge is -2.43. The van der Waals surface area contributed by atoms with Crippen molar-refractivity contribution in [2.45, 2.75) is 39.2 Å². The van der Waals surface area contributed by atoms with Crippen molar-refractivity contribution in [3.63, 3.8) is 0 Å². The Morgan fingerprint density at radius 3 is 2.68 bits per heavy atom. The van der Waals surface area contributed by atoms with Gasteiger partial charge >= 0.3 is 5.97 Å². The van der Waals surface area contributed by atoms with Crippen LogP contribution in [0.5, 0.6) is 0 Å². The first-order chi connectivity index (χ1) is 13.3. The quantitative estimate of drug-likeness (QED) is 0.797. The Morgan fingerprint density at radius 2 is 2.04 bits per heavy atom. The molecule has 7 nitrogen and oxygen atoms in total. The Hall–Kier alpha value is -2.67. The monoisotopic (exact) mass is 385 g/mol. The van der Waals surface area contributed by atoms with E-state index in [2.05, 4.69) is 5.10 Å². The van der Waals surface area contributed by atoms with E-state index in [1.807, 2.05) is 26.0 Å². The van der Waals surface area contributed by atoms with E-state index in [0.29, 0.717) is 36.6 Å². The lowest BCUT2D eigenvalue weighted by Crippen LogP contribution is -2.57. The van der Waals surface area contributed by atoms with Gasteiger partial charge in [0, 0.05) is 25.5 Å². The topological polar surface area (TPSA) is 95.7 Å². The largest absolute Gasteiger partial charge is 0.481 e. The van der Waals surface area contributed by atoms with E-state index in [9.17, 15) is 19.8 Å². The van der Waals surface area contributed by atoms with E-state index in [-0.39, 0.29) is 18.9 Å². The molecule has 1 aliphatic rings. The number of benzene rings is 1. The number of amides is 1. The molecule has 0 bridgehead atoms. The molecule has 2 N–H and O–H groups in total. The number of aromatic nitrogens is 2. The normalized spacial score (nSPS) is 22.4. The van der Waals surface area contributed by atoms with Gasteiger partial charge in [0.15, 0.2) is 0 Å². The number of likely N-dealkylation sites (tertiary alicyclic amines) is 1. The molecule has 28 heavy (non-hydrogen) atoms. The molecule has 2 aromatic rings. The minimum absolute atomic E-state index is 0.00247. The predicted molar refractivity (Wildman–Crippen MR) is 104 cm³/mol. The highest BCUT2D eigenvalue weighted by Gasteiger charge is 2.50. The van der Waals surface area contributed by atoms with Gasteiger partial charge in [-0.25, -0.2) is 4.68 Å². The molecule has 7 heteroatoms. The maximum atomic E-state index is 13.3. The Bertz CT molecular complexity index is 834. The first-order valence-corrected chi connectivity index (χ1v) is 9.65. The molecule has 2 heterocycles. The van der Waals surface area contributed by atoms with Gasteiger partial charge in [-0.3, -0.25) is 9.59 Å². The fraction of sp³-hybridized carbons (Fsp3) is 0.476. The molecule has 150 valence electrons. The fourth-order valence-corrected chi connectivity index (χ4v) is 3.80. The van der Waals surface area contributed by atoms with E-state index in [1.54, 1.807) is 40.2 Å². The van der Waals surface area contributed by atoms with E-state index in [0.717, 1.165) is 0 Å². The van der Waals surface area contributed by atoms with Crippen LogP contribution in [0.25, 0.3) is 5.69 Å². The molecule has 1 saturated heterocycles. The number of carbonyl (C=O) groups is 2. The first kappa shape index (κ1) is 20.1. The molecule has 0 aliphatic carbocycles. The van der Waals surface area contributed by atoms with Crippen LogP contribution < -0.4 is 0 Å². The molecule has 1 aliphatic heterocycles. The summed E-state index contributed by atoms with van der Waals surface area (Å²) in [4.78, 5) is 27.0. The molecule has 2 atom stereocenters. The van der Waals surface area contributed by atoms with Crippen LogP contribution in [0, 0.1) is 11.3 Å². The van der Waals surface area contributed by atoms with Crippen LogP contribution in [-0.4, -0.2) is 56.0 Å². The van der Waals surface area contributed by atoms with Gasteiger partial charge in [-0.2, -0.15) is 5.10 Å². The van der Waals surface area contributed by atoms with E-state index < -0.39 is 17.5 Å². The van der Waals surface area contributed by atoms with Gasteiger partial charge < -0.3 is 15.1 Å². The standard InChI is InChI=1S/C21H27N3O4/c1-15(2)8-10-21(20(27)28)14-23(13-9-18(21)25)19(26)16-6-3-4-7-17(16)24-12-5-11-22-24/h3-7,11-12,15,18,25H,8-10,13-14H2,1-2H3,(H,27,28)/t18-,21+/m0/s1. The lowest BCUT2D eigenvalue weighted by molar-refractivity contribution is -0.163. The molecule has 0 unspecified atom stereocenters. The number of aliphatic hydroxyl groups excluding tert-OH is 1. The lowest BCUT2D eigenvalue weighted by atomic mass is 9.72. The van der Waals surface area contributed by atoms with Crippen molar-refractivity contribution < 1.29 is 19.8 Å². The summed E-state index contributed by atoms with van der Waals surface area (Å²) in [6, 6.07) is 8.92.